The van der Waals surface area contributed by atoms with Crippen molar-refractivity contribution in [1.29, 1.82) is 0 Å². The standard InChI is InChI=1S/C11H16N4O2.C2H6/c1-14-11(15-13)7-2-8(12)4-9(3-7)17-10-5-16-6-10;1-2/h2-4,10H,5-6,12-13H2,1H3,(H,14,15);1-2H3. The number of hydrazine groups is 1. The fraction of sp³-hybridized carbons (Fsp3) is 0.462. The van der Waals surface area contributed by atoms with Crippen LogP contribution in [0.25, 0.3) is 0 Å². The molecule has 0 aromatic heterocycles. The summed E-state index contributed by atoms with van der Waals surface area (Å²) in [4.78, 5) is 4.02. The van der Waals surface area contributed by atoms with Crippen LogP contribution >= 0.6 is 0 Å². The summed E-state index contributed by atoms with van der Waals surface area (Å²) in [5, 5.41) is 0. The molecule has 0 aliphatic carbocycles. The number of nitrogen functional groups attached to an aromatic ring is 1. The smallest absolute Gasteiger partial charge is 0.145 e. The van der Waals surface area contributed by atoms with Crippen LogP contribution in [0.3, 0.4) is 0 Å². The van der Waals surface area contributed by atoms with Crippen molar-refractivity contribution in [2.75, 3.05) is 26.0 Å². The molecule has 0 unspecified atom stereocenters. The first kappa shape index (κ1) is 15.3. The molecule has 0 spiro atoms. The second-order valence-corrected chi connectivity index (χ2v) is 3.78. The van der Waals surface area contributed by atoms with Crippen LogP contribution in [0, 0.1) is 0 Å². The van der Waals surface area contributed by atoms with Crippen molar-refractivity contribution in [3.63, 3.8) is 0 Å². The lowest BCUT2D eigenvalue weighted by Crippen LogP contribution is -2.38. The Hall–Kier alpha value is -1.79. The molecule has 1 aromatic carbocycles. The third-order valence-corrected chi connectivity index (χ3v) is 2.47. The molecule has 6 heteroatoms. The quantitative estimate of drug-likeness (QED) is 0.248. The molecule has 19 heavy (non-hydrogen) atoms. The molecule has 1 fully saturated rings. The minimum atomic E-state index is 0.109. The van der Waals surface area contributed by atoms with E-state index in [4.69, 9.17) is 21.1 Å². The molecule has 2 rings (SSSR count). The number of nitrogens with two attached hydrogens (primary N) is 2. The molecule has 0 amide bonds. The minimum absolute atomic E-state index is 0.109. The van der Waals surface area contributed by atoms with Crippen molar-refractivity contribution in [3.8, 4) is 5.75 Å². The van der Waals surface area contributed by atoms with Crippen molar-refractivity contribution in [2.24, 2.45) is 10.8 Å². The molecule has 1 aliphatic rings. The molecule has 1 aliphatic heterocycles. The number of benzene rings is 1. The van der Waals surface area contributed by atoms with Crippen molar-refractivity contribution in [3.05, 3.63) is 23.8 Å². The average molecular weight is 266 g/mol. The van der Waals surface area contributed by atoms with Gasteiger partial charge in [0.1, 0.15) is 17.7 Å². The molecular formula is C13H22N4O2. The lowest BCUT2D eigenvalue weighted by atomic mass is 10.1. The Balaban J connectivity index is 0.000000861. The molecule has 0 radical (unpaired) electrons. The Bertz CT molecular complexity index is 431. The molecular weight excluding hydrogens is 244 g/mol. The number of hydrogen-bond donors (Lipinski definition) is 3. The van der Waals surface area contributed by atoms with Crippen LogP contribution in [0.4, 0.5) is 5.69 Å². The zero-order valence-electron chi connectivity index (χ0n) is 11.6. The highest BCUT2D eigenvalue weighted by Gasteiger charge is 2.20. The predicted molar refractivity (Wildman–Crippen MR) is 77.2 cm³/mol. The summed E-state index contributed by atoms with van der Waals surface area (Å²) < 4.78 is 10.7. The second-order valence-electron chi connectivity index (χ2n) is 3.78. The van der Waals surface area contributed by atoms with Crippen LogP contribution in [0.2, 0.25) is 0 Å². The van der Waals surface area contributed by atoms with Crippen LogP contribution in [0.5, 0.6) is 5.75 Å². The van der Waals surface area contributed by atoms with Gasteiger partial charge >= 0.3 is 0 Å². The maximum atomic E-state index is 5.81. The number of nitrogens with zero attached hydrogens (tertiary/aromatic N) is 1. The second kappa shape index (κ2) is 7.60. The van der Waals surface area contributed by atoms with Gasteiger partial charge in [-0.3, -0.25) is 4.99 Å². The van der Waals surface area contributed by atoms with Gasteiger partial charge in [-0.1, -0.05) is 13.8 Å². The molecule has 0 bridgehead atoms. The summed E-state index contributed by atoms with van der Waals surface area (Å²) in [6.45, 7) is 5.24. The van der Waals surface area contributed by atoms with Crippen molar-refractivity contribution in [1.82, 2.24) is 5.43 Å². The Labute approximate surface area is 113 Å². The van der Waals surface area contributed by atoms with Gasteiger partial charge in [0.05, 0.1) is 13.2 Å². The molecule has 0 atom stereocenters. The summed E-state index contributed by atoms with van der Waals surface area (Å²) in [5.74, 6) is 6.63. The SMILES string of the molecule is CC.CN=C(NN)c1cc(N)cc(OC2COC2)c1. The minimum Gasteiger partial charge on any atom is -0.485 e. The van der Waals surface area contributed by atoms with Crippen LogP contribution in [0.15, 0.2) is 23.2 Å². The zero-order chi connectivity index (χ0) is 14.3. The van der Waals surface area contributed by atoms with E-state index in [2.05, 4.69) is 10.4 Å². The van der Waals surface area contributed by atoms with E-state index in [1.54, 1.807) is 19.2 Å². The first-order valence-electron chi connectivity index (χ1n) is 6.31. The van der Waals surface area contributed by atoms with Gasteiger partial charge in [-0.05, 0) is 12.1 Å². The van der Waals surface area contributed by atoms with Crippen LogP contribution in [0.1, 0.15) is 19.4 Å². The van der Waals surface area contributed by atoms with Gasteiger partial charge < -0.3 is 20.6 Å². The largest absolute Gasteiger partial charge is 0.485 e. The first-order chi connectivity index (χ1) is 9.22. The third kappa shape index (κ3) is 4.11. The number of rotatable bonds is 3. The fourth-order valence-corrected chi connectivity index (χ4v) is 1.58. The third-order valence-electron chi connectivity index (χ3n) is 2.47. The molecule has 1 saturated heterocycles. The number of aliphatic imine (C=N–C) groups is 1. The Morgan fingerprint density at radius 1 is 1.37 bits per heavy atom. The number of amidine groups is 1. The highest BCUT2D eigenvalue weighted by atomic mass is 16.6. The number of nitrogens with one attached hydrogen (secondary N) is 1. The summed E-state index contributed by atoms with van der Waals surface area (Å²) in [6.07, 6.45) is 0.109. The normalized spacial score (nSPS) is 15.1. The molecule has 106 valence electrons. The van der Waals surface area contributed by atoms with Gasteiger partial charge in [-0.15, -0.1) is 0 Å². The van der Waals surface area contributed by atoms with Gasteiger partial charge in [0.15, 0.2) is 0 Å². The van der Waals surface area contributed by atoms with Crippen LogP contribution in [-0.2, 0) is 4.74 Å². The lowest BCUT2D eigenvalue weighted by Gasteiger charge is -2.27. The van der Waals surface area contributed by atoms with E-state index in [1.807, 2.05) is 19.9 Å². The summed E-state index contributed by atoms with van der Waals surface area (Å²) in [6, 6.07) is 5.40. The molecule has 1 aromatic rings. The zero-order valence-corrected chi connectivity index (χ0v) is 11.6. The van der Waals surface area contributed by atoms with Gasteiger partial charge in [0.2, 0.25) is 0 Å². The average Bonchev–Trinajstić information content (AvgIpc) is 2.37. The maximum Gasteiger partial charge on any atom is 0.145 e. The van der Waals surface area contributed by atoms with Crippen LogP contribution in [-0.4, -0.2) is 32.2 Å². The van der Waals surface area contributed by atoms with E-state index in [1.165, 1.54) is 0 Å². The lowest BCUT2D eigenvalue weighted by molar-refractivity contribution is -0.0796. The van der Waals surface area contributed by atoms with E-state index in [-0.39, 0.29) is 6.10 Å². The predicted octanol–water partition coefficient (Wildman–Crippen LogP) is 0.912. The monoisotopic (exact) mass is 266 g/mol. The van der Waals surface area contributed by atoms with E-state index < -0.39 is 0 Å². The number of hydrogen-bond acceptors (Lipinski definition) is 5. The highest BCUT2D eigenvalue weighted by molar-refractivity contribution is 5.99. The van der Waals surface area contributed by atoms with E-state index in [0.717, 1.165) is 5.56 Å². The van der Waals surface area contributed by atoms with E-state index >= 15 is 0 Å². The Morgan fingerprint density at radius 3 is 2.53 bits per heavy atom. The summed E-state index contributed by atoms with van der Waals surface area (Å²) in [7, 11) is 1.65. The number of anilines is 1. The number of ether oxygens (including phenoxy) is 2. The molecule has 5 N–H and O–H groups in total. The summed E-state index contributed by atoms with van der Waals surface area (Å²) in [5.41, 5.74) is 9.73. The van der Waals surface area contributed by atoms with Gasteiger partial charge in [-0.2, -0.15) is 0 Å². The van der Waals surface area contributed by atoms with Gasteiger partial charge in [-0.25, -0.2) is 5.84 Å². The molecule has 1 heterocycles. The van der Waals surface area contributed by atoms with Crippen molar-refractivity contribution in [2.45, 2.75) is 20.0 Å². The maximum absolute atomic E-state index is 5.81. The van der Waals surface area contributed by atoms with E-state index in [0.29, 0.717) is 30.5 Å². The van der Waals surface area contributed by atoms with Crippen molar-refractivity contribution >= 4 is 11.5 Å². The highest BCUT2D eigenvalue weighted by Crippen LogP contribution is 2.21. The fourth-order valence-electron chi connectivity index (χ4n) is 1.58. The summed E-state index contributed by atoms with van der Waals surface area (Å²) >= 11 is 0. The molecule has 0 saturated carbocycles. The van der Waals surface area contributed by atoms with Crippen molar-refractivity contribution < 1.29 is 9.47 Å². The Kier molecular flexibility index (Phi) is 6.11. The Morgan fingerprint density at radius 2 is 2.05 bits per heavy atom. The van der Waals surface area contributed by atoms with E-state index in [9.17, 15) is 0 Å². The van der Waals surface area contributed by atoms with Gasteiger partial charge in [0, 0.05) is 24.4 Å². The molecule has 6 nitrogen and oxygen atoms in total. The van der Waals surface area contributed by atoms with Gasteiger partial charge in [0.25, 0.3) is 0 Å². The van der Waals surface area contributed by atoms with Crippen LogP contribution < -0.4 is 21.7 Å². The topological polar surface area (TPSA) is 94.9 Å². The first-order valence-corrected chi connectivity index (χ1v) is 6.31.